The highest BCUT2D eigenvalue weighted by atomic mass is 35.5. The van der Waals surface area contributed by atoms with Gasteiger partial charge >= 0.3 is 11.8 Å². The van der Waals surface area contributed by atoms with Crippen LogP contribution < -0.4 is 15.5 Å². The van der Waals surface area contributed by atoms with Crippen LogP contribution in [0.2, 0.25) is 15.1 Å². The maximum atomic E-state index is 11.9. The van der Waals surface area contributed by atoms with Crippen LogP contribution in [0.5, 0.6) is 5.75 Å². The van der Waals surface area contributed by atoms with E-state index in [0.717, 1.165) is 0 Å². The SMILES string of the molecule is O=C(NN=Cc1ccc(OCc2c(Cl)cccc2Cl)cc1)C(=O)Nc1ccc(Cl)cc1. The van der Waals surface area contributed by atoms with Crippen molar-refractivity contribution in [2.24, 2.45) is 5.10 Å². The third-order valence-electron chi connectivity index (χ3n) is 4.01. The molecular weight excluding hydrogens is 461 g/mol. The maximum Gasteiger partial charge on any atom is 0.329 e. The van der Waals surface area contributed by atoms with Crippen molar-refractivity contribution in [3.63, 3.8) is 0 Å². The molecule has 3 rings (SSSR count). The maximum absolute atomic E-state index is 11.9. The van der Waals surface area contributed by atoms with Crippen LogP contribution >= 0.6 is 34.8 Å². The van der Waals surface area contributed by atoms with Crippen molar-refractivity contribution >= 4 is 58.5 Å². The molecule has 3 aromatic carbocycles. The Morgan fingerprint density at radius 2 is 1.52 bits per heavy atom. The van der Waals surface area contributed by atoms with E-state index in [9.17, 15) is 9.59 Å². The number of amides is 2. The molecule has 0 atom stereocenters. The molecule has 0 saturated heterocycles. The van der Waals surface area contributed by atoms with Crippen LogP contribution in [0.4, 0.5) is 5.69 Å². The molecule has 0 spiro atoms. The van der Waals surface area contributed by atoms with Gasteiger partial charge in [0.1, 0.15) is 12.4 Å². The van der Waals surface area contributed by atoms with Gasteiger partial charge in [-0.15, -0.1) is 0 Å². The summed E-state index contributed by atoms with van der Waals surface area (Å²) in [6.45, 7) is 0.227. The number of nitrogens with one attached hydrogen (secondary N) is 2. The number of halogens is 3. The molecule has 0 heterocycles. The fraction of sp³-hybridized carbons (Fsp3) is 0.0455. The molecule has 2 amide bonds. The van der Waals surface area contributed by atoms with Gasteiger partial charge in [0.2, 0.25) is 0 Å². The van der Waals surface area contributed by atoms with Crippen LogP contribution in [-0.4, -0.2) is 18.0 Å². The fourth-order valence-electron chi connectivity index (χ4n) is 2.41. The molecule has 31 heavy (non-hydrogen) atoms. The molecule has 6 nitrogen and oxygen atoms in total. The quantitative estimate of drug-likeness (QED) is 0.287. The number of benzene rings is 3. The van der Waals surface area contributed by atoms with Crippen molar-refractivity contribution in [3.05, 3.63) is 92.9 Å². The lowest BCUT2D eigenvalue weighted by Crippen LogP contribution is -2.32. The van der Waals surface area contributed by atoms with Crippen LogP contribution in [-0.2, 0) is 16.2 Å². The van der Waals surface area contributed by atoms with E-state index in [1.165, 1.54) is 6.21 Å². The number of nitrogens with zero attached hydrogens (tertiary/aromatic N) is 1. The summed E-state index contributed by atoms with van der Waals surface area (Å²) in [5.74, 6) is -1.14. The van der Waals surface area contributed by atoms with E-state index in [-0.39, 0.29) is 6.61 Å². The molecule has 0 saturated carbocycles. The van der Waals surface area contributed by atoms with Crippen LogP contribution in [0.1, 0.15) is 11.1 Å². The normalized spacial score (nSPS) is 10.7. The van der Waals surface area contributed by atoms with Crippen molar-refractivity contribution in [2.45, 2.75) is 6.61 Å². The minimum atomic E-state index is -0.900. The molecule has 0 aliphatic carbocycles. The van der Waals surface area contributed by atoms with E-state index >= 15 is 0 Å². The Hall–Kier alpha value is -3.06. The molecule has 3 aromatic rings. The molecule has 0 fully saturated rings. The topological polar surface area (TPSA) is 79.8 Å². The number of hydrogen-bond acceptors (Lipinski definition) is 4. The number of hydrogen-bond donors (Lipinski definition) is 2. The highest BCUT2D eigenvalue weighted by Crippen LogP contribution is 2.25. The first-order valence-corrected chi connectivity index (χ1v) is 10.1. The van der Waals surface area contributed by atoms with Gasteiger partial charge in [-0.3, -0.25) is 9.59 Å². The number of hydrazone groups is 1. The average Bonchev–Trinajstić information content (AvgIpc) is 2.76. The minimum absolute atomic E-state index is 0.227. The van der Waals surface area contributed by atoms with Crippen molar-refractivity contribution < 1.29 is 14.3 Å². The molecule has 0 aromatic heterocycles. The van der Waals surface area contributed by atoms with E-state index in [1.807, 2.05) is 0 Å². The van der Waals surface area contributed by atoms with Crippen LogP contribution in [0.25, 0.3) is 0 Å². The van der Waals surface area contributed by atoms with Gasteiger partial charge in [0.25, 0.3) is 0 Å². The molecule has 0 aliphatic heterocycles. The van der Waals surface area contributed by atoms with E-state index in [1.54, 1.807) is 66.7 Å². The molecule has 0 radical (unpaired) electrons. The van der Waals surface area contributed by atoms with Crippen molar-refractivity contribution in [1.82, 2.24) is 5.43 Å². The average molecular weight is 477 g/mol. The predicted molar refractivity (Wildman–Crippen MR) is 123 cm³/mol. The Bertz CT molecular complexity index is 1080. The number of anilines is 1. The smallest absolute Gasteiger partial charge is 0.329 e. The summed E-state index contributed by atoms with van der Waals surface area (Å²) in [5.41, 5.74) is 4.02. The number of ether oxygens (including phenoxy) is 1. The van der Waals surface area contributed by atoms with Gasteiger partial charge in [0.15, 0.2) is 0 Å². The number of carbonyl (C=O) groups excluding carboxylic acids is 2. The first-order valence-electron chi connectivity index (χ1n) is 8.98. The molecule has 0 unspecified atom stereocenters. The molecule has 9 heteroatoms. The summed E-state index contributed by atoms with van der Waals surface area (Å²) >= 11 is 18.0. The second-order valence-electron chi connectivity index (χ2n) is 6.22. The first kappa shape index (κ1) is 22.6. The van der Waals surface area contributed by atoms with Gasteiger partial charge in [-0.2, -0.15) is 5.10 Å². The van der Waals surface area contributed by atoms with Crippen molar-refractivity contribution in [3.8, 4) is 5.75 Å². The second-order valence-corrected chi connectivity index (χ2v) is 7.47. The van der Waals surface area contributed by atoms with Crippen LogP contribution in [0.15, 0.2) is 71.8 Å². The summed E-state index contributed by atoms with van der Waals surface area (Å²) in [6, 6.07) is 18.6. The minimum Gasteiger partial charge on any atom is -0.489 e. The summed E-state index contributed by atoms with van der Waals surface area (Å²) < 4.78 is 5.70. The zero-order valence-corrected chi connectivity index (χ0v) is 18.2. The summed E-state index contributed by atoms with van der Waals surface area (Å²) in [5, 5.41) is 7.82. The third-order valence-corrected chi connectivity index (χ3v) is 4.97. The third kappa shape index (κ3) is 6.72. The standard InChI is InChI=1S/C22H16Cl3N3O3/c23-15-6-8-16(9-7-15)27-21(29)22(30)28-26-12-14-4-10-17(11-5-14)31-13-18-19(24)2-1-3-20(18)25/h1-12H,13H2,(H,27,29)(H,28,30). The van der Waals surface area contributed by atoms with E-state index in [0.29, 0.717) is 37.6 Å². The monoisotopic (exact) mass is 475 g/mol. The highest BCUT2D eigenvalue weighted by molar-refractivity contribution is 6.39. The van der Waals surface area contributed by atoms with Crippen molar-refractivity contribution in [1.29, 1.82) is 0 Å². The van der Waals surface area contributed by atoms with Crippen LogP contribution in [0.3, 0.4) is 0 Å². The Labute approximate surface area is 193 Å². The Kier molecular flexibility index (Phi) is 7.89. The van der Waals surface area contributed by atoms with E-state index in [2.05, 4.69) is 15.8 Å². The highest BCUT2D eigenvalue weighted by Gasteiger charge is 2.12. The lowest BCUT2D eigenvalue weighted by molar-refractivity contribution is -0.136. The van der Waals surface area contributed by atoms with E-state index < -0.39 is 11.8 Å². The summed E-state index contributed by atoms with van der Waals surface area (Å²) in [7, 11) is 0. The Morgan fingerprint density at radius 3 is 2.16 bits per heavy atom. The largest absolute Gasteiger partial charge is 0.489 e. The number of carbonyl (C=O) groups is 2. The molecular formula is C22H16Cl3N3O3. The van der Waals surface area contributed by atoms with Gasteiger partial charge in [-0.25, -0.2) is 5.43 Å². The molecule has 158 valence electrons. The molecule has 2 N–H and O–H groups in total. The van der Waals surface area contributed by atoms with E-state index in [4.69, 9.17) is 39.5 Å². The lowest BCUT2D eigenvalue weighted by atomic mass is 10.2. The van der Waals surface area contributed by atoms with Crippen LogP contribution in [0, 0.1) is 0 Å². The molecule has 0 aliphatic rings. The van der Waals surface area contributed by atoms with Gasteiger partial charge < -0.3 is 10.1 Å². The predicted octanol–water partition coefficient (Wildman–Crippen LogP) is 5.31. The van der Waals surface area contributed by atoms with Crippen molar-refractivity contribution in [2.75, 3.05) is 5.32 Å². The Morgan fingerprint density at radius 1 is 0.871 bits per heavy atom. The van der Waals surface area contributed by atoms with Gasteiger partial charge in [0.05, 0.1) is 6.21 Å². The summed E-state index contributed by atoms with van der Waals surface area (Å²) in [4.78, 5) is 23.7. The van der Waals surface area contributed by atoms with Gasteiger partial charge in [-0.1, -0.05) is 40.9 Å². The zero-order chi connectivity index (χ0) is 22.2. The summed E-state index contributed by atoms with van der Waals surface area (Å²) in [6.07, 6.45) is 1.40. The zero-order valence-electron chi connectivity index (χ0n) is 15.9. The Balaban J connectivity index is 1.49. The fourth-order valence-corrected chi connectivity index (χ4v) is 3.05. The van der Waals surface area contributed by atoms with Gasteiger partial charge in [0, 0.05) is 26.3 Å². The van der Waals surface area contributed by atoms with Gasteiger partial charge in [-0.05, 0) is 66.2 Å². The molecule has 0 bridgehead atoms. The first-order chi connectivity index (χ1) is 14.9. The second kappa shape index (κ2) is 10.8. The number of rotatable bonds is 6. The lowest BCUT2D eigenvalue weighted by Gasteiger charge is -2.09.